The quantitative estimate of drug-likeness (QED) is 0.394. The first kappa shape index (κ1) is 19.5. The number of hydrogen-bond donors (Lipinski definition) is 0. The molecule has 0 aliphatic rings. The zero-order valence-corrected chi connectivity index (χ0v) is 13.5. The minimum absolute atomic E-state index is 0.0525. The van der Waals surface area contributed by atoms with Crippen LogP contribution in [0.25, 0.3) is 0 Å². The third-order valence-corrected chi connectivity index (χ3v) is 3.22. The van der Waals surface area contributed by atoms with Crippen LogP contribution in [0, 0.1) is 0 Å². The van der Waals surface area contributed by atoms with Crippen LogP contribution in [-0.4, -0.2) is 19.9 Å². The zero-order valence-electron chi connectivity index (χ0n) is 13.5. The Bertz CT molecular complexity index is 762. The fourth-order valence-corrected chi connectivity index (χ4v) is 2.09. The van der Waals surface area contributed by atoms with E-state index in [1.54, 1.807) is 0 Å². The van der Waals surface area contributed by atoms with E-state index in [1.807, 2.05) is 0 Å². The van der Waals surface area contributed by atoms with Crippen LogP contribution >= 0.6 is 0 Å². The SMILES string of the molecule is COc1cc(/C=N/OCc2ccccc2C(F)(F)F)ccc1OC(F)F. The summed E-state index contributed by atoms with van der Waals surface area (Å²) in [6.07, 6.45) is -3.28. The first-order valence-corrected chi connectivity index (χ1v) is 7.24. The van der Waals surface area contributed by atoms with E-state index in [1.165, 1.54) is 49.7 Å². The Morgan fingerprint density at radius 2 is 1.81 bits per heavy atom. The van der Waals surface area contributed by atoms with Crippen molar-refractivity contribution in [2.45, 2.75) is 19.4 Å². The maximum atomic E-state index is 12.9. The van der Waals surface area contributed by atoms with Gasteiger partial charge in [0.2, 0.25) is 0 Å². The van der Waals surface area contributed by atoms with Crippen LogP contribution in [-0.2, 0) is 17.6 Å². The molecule has 0 amide bonds. The Labute approximate surface area is 145 Å². The number of methoxy groups -OCH3 is 1. The zero-order chi connectivity index (χ0) is 19.2. The van der Waals surface area contributed by atoms with Gasteiger partial charge in [-0.2, -0.15) is 22.0 Å². The van der Waals surface area contributed by atoms with Crippen LogP contribution in [0.2, 0.25) is 0 Å². The number of ether oxygens (including phenoxy) is 2. The van der Waals surface area contributed by atoms with Crippen LogP contribution in [0.4, 0.5) is 22.0 Å². The van der Waals surface area contributed by atoms with Crippen molar-refractivity contribution in [2.75, 3.05) is 7.11 Å². The summed E-state index contributed by atoms with van der Waals surface area (Å²) in [7, 11) is 1.28. The van der Waals surface area contributed by atoms with Gasteiger partial charge in [0, 0.05) is 11.1 Å². The second-order valence-electron chi connectivity index (χ2n) is 4.95. The smallest absolute Gasteiger partial charge is 0.416 e. The van der Waals surface area contributed by atoms with Gasteiger partial charge >= 0.3 is 12.8 Å². The number of oxime groups is 1. The molecule has 4 nitrogen and oxygen atoms in total. The average molecular weight is 375 g/mol. The van der Waals surface area contributed by atoms with Crippen molar-refractivity contribution in [3.63, 3.8) is 0 Å². The molecule has 0 unspecified atom stereocenters. The van der Waals surface area contributed by atoms with Gasteiger partial charge in [0.1, 0.15) is 6.61 Å². The summed E-state index contributed by atoms with van der Waals surface area (Å²) in [5, 5.41) is 3.59. The maximum Gasteiger partial charge on any atom is 0.416 e. The number of halogens is 5. The third-order valence-electron chi connectivity index (χ3n) is 3.22. The number of nitrogens with zero attached hydrogens (tertiary/aromatic N) is 1. The Kier molecular flexibility index (Phi) is 6.37. The van der Waals surface area contributed by atoms with E-state index in [9.17, 15) is 22.0 Å². The molecule has 0 saturated heterocycles. The first-order valence-electron chi connectivity index (χ1n) is 7.24. The summed E-state index contributed by atoms with van der Waals surface area (Å²) in [5.41, 5.74) is -0.437. The largest absolute Gasteiger partial charge is 0.493 e. The molecule has 2 rings (SSSR count). The lowest BCUT2D eigenvalue weighted by Gasteiger charge is -2.11. The van der Waals surface area contributed by atoms with Crippen molar-refractivity contribution in [3.05, 3.63) is 59.2 Å². The van der Waals surface area contributed by atoms with Gasteiger partial charge in [-0.1, -0.05) is 23.4 Å². The summed E-state index contributed by atoms with van der Waals surface area (Å²) in [4.78, 5) is 4.91. The molecular formula is C17H14F5NO3. The van der Waals surface area contributed by atoms with E-state index in [2.05, 4.69) is 9.89 Å². The second-order valence-corrected chi connectivity index (χ2v) is 4.95. The fraction of sp³-hybridized carbons (Fsp3) is 0.235. The minimum atomic E-state index is -4.49. The van der Waals surface area contributed by atoms with Crippen molar-refractivity contribution in [3.8, 4) is 11.5 Å². The molecule has 0 heterocycles. The van der Waals surface area contributed by atoms with E-state index in [4.69, 9.17) is 9.57 Å². The van der Waals surface area contributed by atoms with Crippen LogP contribution < -0.4 is 9.47 Å². The predicted octanol–water partition coefficient (Wildman–Crippen LogP) is 4.87. The Hall–Kier alpha value is -2.84. The van der Waals surface area contributed by atoms with Gasteiger partial charge in [-0.25, -0.2) is 0 Å². The van der Waals surface area contributed by atoms with Crippen LogP contribution in [0.15, 0.2) is 47.6 Å². The van der Waals surface area contributed by atoms with Gasteiger partial charge in [0.05, 0.1) is 18.9 Å². The van der Waals surface area contributed by atoms with E-state index >= 15 is 0 Å². The molecule has 26 heavy (non-hydrogen) atoms. The van der Waals surface area contributed by atoms with Gasteiger partial charge in [-0.05, 0) is 24.3 Å². The van der Waals surface area contributed by atoms with Crippen molar-refractivity contribution in [1.82, 2.24) is 0 Å². The molecule has 0 bridgehead atoms. The Morgan fingerprint density at radius 1 is 1.08 bits per heavy atom. The third kappa shape index (κ3) is 5.33. The summed E-state index contributed by atoms with van der Waals surface area (Å²) in [6, 6.07) is 9.03. The molecule has 0 aromatic heterocycles. The molecule has 9 heteroatoms. The molecule has 0 fully saturated rings. The predicted molar refractivity (Wildman–Crippen MR) is 83.5 cm³/mol. The van der Waals surface area contributed by atoms with E-state index in [0.29, 0.717) is 5.56 Å². The van der Waals surface area contributed by atoms with Gasteiger partial charge in [0.25, 0.3) is 0 Å². The van der Waals surface area contributed by atoms with E-state index < -0.39 is 18.4 Å². The van der Waals surface area contributed by atoms with Crippen LogP contribution in [0.3, 0.4) is 0 Å². The van der Waals surface area contributed by atoms with Crippen molar-refractivity contribution < 1.29 is 36.3 Å². The highest BCUT2D eigenvalue weighted by molar-refractivity contribution is 5.80. The maximum absolute atomic E-state index is 12.9. The molecule has 140 valence electrons. The highest BCUT2D eigenvalue weighted by Crippen LogP contribution is 2.32. The lowest BCUT2D eigenvalue weighted by Crippen LogP contribution is -2.09. The summed E-state index contributed by atoms with van der Waals surface area (Å²) >= 11 is 0. The first-order chi connectivity index (χ1) is 12.3. The normalized spacial score (nSPS) is 11.8. The number of hydrogen-bond acceptors (Lipinski definition) is 4. The van der Waals surface area contributed by atoms with Crippen LogP contribution in [0.5, 0.6) is 11.5 Å². The van der Waals surface area contributed by atoms with Gasteiger partial charge < -0.3 is 14.3 Å². The van der Waals surface area contributed by atoms with E-state index in [0.717, 1.165) is 6.07 Å². The molecule has 0 aliphatic carbocycles. The molecule has 2 aromatic carbocycles. The molecule has 0 radical (unpaired) electrons. The molecule has 0 atom stereocenters. The van der Waals surface area contributed by atoms with Crippen molar-refractivity contribution >= 4 is 6.21 Å². The standard InChI is InChI=1S/C17H14F5NO3/c1-24-15-8-11(6-7-14(15)26-16(18)19)9-23-25-10-12-4-2-3-5-13(12)17(20,21)22/h2-9,16H,10H2,1H3/b23-9+. The monoisotopic (exact) mass is 375 g/mol. The second kappa shape index (κ2) is 8.50. The lowest BCUT2D eigenvalue weighted by atomic mass is 10.1. The summed E-state index contributed by atoms with van der Waals surface area (Å²) < 4.78 is 72.3. The van der Waals surface area contributed by atoms with Crippen LogP contribution in [0.1, 0.15) is 16.7 Å². The average Bonchev–Trinajstić information content (AvgIpc) is 2.58. The Balaban J connectivity index is 2.04. The van der Waals surface area contributed by atoms with Crippen molar-refractivity contribution in [2.24, 2.45) is 5.16 Å². The molecule has 0 aliphatic heterocycles. The summed E-state index contributed by atoms with van der Waals surface area (Å²) in [6.45, 7) is -3.38. The van der Waals surface area contributed by atoms with Gasteiger partial charge in [0.15, 0.2) is 11.5 Å². The highest BCUT2D eigenvalue weighted by Gasteiger charge is 2.32. The molecule has 0 N–H and O–H groups in total. The fourth-order valence-electron chi connectivity index (χ4n) is 2.09. The molecule has 2 aromatic rings. The lowest BCUT2D eigenvalue weighted by molar-refractivity contribution is -0.138. The highest BCUT2D eigenvalue weighted by atomic mass is 19.4. The van der Waals surface area contributed by atoms with E-state index in [-0.39, 0.29) is 23.7 Å². The van der Waals surface area contributed by atoms with Gasteiger partial charge in [-0.3, -0.25) is 0 Å². The topological polar surface area (TPSA) is 40.0 Å². The molecule has 0 saturated carbocycles. The number of alkyl halides is 5. The number of benzene rings is 2. The van der Waals surface area contributed by atoms with Gasteiger partial charge in [-0.15, -0.1) is 0 Å². The Morgan fingerprint density at radius 3 is 2.46 bits per heavy atom. The molecular weight excluding hydrogens is 361 g/mol. The molecule has 0 spiro atoms. The van der Waals surface area contributed by atoms with Crippen molar-refractivity contribution in [1.29, 1.82) is 0 Å². The minimum Gasteiger partial charge on any atom is -0.493 e. The number of rotatable bonds is 7. The summed E-state index contributed by atoms with van der Waals surface area (Å²) in [5.74, 6) is -0.101.